The molecule has 0 spiro atoms. The lowest BCUT2D eigenvalue weighted by atomic mass is 10.1. The number of pyridine rings is 1. The van der Waals surface area contributed by atoms with Crippen molar-refractivity contribution in [2.45, 2.75) is 6.42 Å². The standard InChI is InChI=1S/C18H16ClN3O3/c1-22(2)15-8-5-12(10-20-15)18-21-17(14(25-18)9-16(23)24)11-3-6-13(19)7-4-11/h3-8,10H,9H2,1-2H3,(H,23,24)/p-1. The van der Waals surface area contributed by atoms with Crippen LogP contribution in [-0.2, 0) is 11.2 Å². The van der Waals surface area contributed by atoms with Crippen LogP contribution in [0.3, 0.4) is 0 Å². The first kappa shape index (κ1) is 17.0. The van der Waals surface area contributed by atoms with Crippen LogP contribution in [0.15, 0.2) is 47.0 Å². The highest BCUT2D eigenvalue weighted by atomic mass is 35.5. The third-order valence-electron chi connectivity index (χ3n) is 3.57. The van der Waals surface area contributed by atoms with Crippen LogP contribution in [0.25, 0.3) is 22.7 Å². The first-order valence-electron chi connectivity index (χ1n) is 7.53. The van der Waals surface area contributed by atoms with Crippen molar-refractivity contribution >= 4 is 23.4 Å². The summed E-state index contributed by atoms with van der Waals surface area (Å²) in [4.78, 5) is 21.7. The number of benzene rings is 1. The summed E-state index contributed by atoms with van der Waals surface area (Å²) in [5.74, 6) is 0.0928. The first-order valence-corrected chi connectivity index (χ1v) is 7.91. The number of aromatic nitrogens is 2. The fourth-order valence-electron chi connectivity index (χ4n) is 2.34. The van der Waals surface area contributed by atoms with Gasteiger partial charge in [-0.05, 0) is 24.3 Å². The second-order valence-electron chi connectivity index (χ2n) is 5.65. The van der Waals surface area contributed by atoms with E-state index in [0.29, 0.717) is 27.7 Å². The number of hydrogen-bond acceptors (Lipinski definition) is 6. The van der Waals surface area contributed by atoms with E-state index in [-0.39, 0.29) is 12.2 Å². The molecule has 3 rings (SSSR count). The van der Waals surface area contributed by atoms with Crippen LogP contribution in [0, 0.1) is 0 Å². The number of halogens is 1. The molecular weight excluding hydrogens is 342 g/mol. The van der Waals surface area contributed by atoms with E-state index in [2.05, 4.69) is 9.97 Å². The van der Waals surface area contributed by atoms with Crippen molar-refractivity contribution in [3.63, 3.8) is 0 Å². The Balaban J connectivity index is 2.03. The maximum atomic E-state index is 11.0. The van der Waals surface area contributed by atoms with Gasteiger partial charge in [0.05, 0.1) is 5.56 Å². The van der Waals surface area contributed by atoms with Crippen molar-refractivity contribution in [2.24, 2.45) is 0 Å². The maximum Gasteiger partial charge on any atom is 0.228 e. The molecule has 128 valence electrons. The maximum absolute atomic E-state index is 11.0. The lowest BCUT2D eigenvalue weighted by Crippen LogP contribution is -2.24. The Morgan fingerprint density at radius 1 is 1.16 bits per heavy atom. The second-order valence-corrected chi connectivity index (χ2v) is 6.08. The van der Waals surface area contributed by atoms with Crippen LogP contribution >= 0.6 is 11.6 Å². The van der Waals surface area contributed by atoms with Crippen molar-refractivity contribution in [3.8, 4) is 22.7 Å². The number of aliphatic carboxylic acids is 1. The second kappa shape index (κ2) is 6.94. The average Bonchev–Trinajstić information content (AvgIpc) is 2.98. The third-order valence-corrected chi connectivity index (χ3v) is 3.82. The van der Waals surface area contributed by atoms with Crippen LogP contribution in [0.1, 0.15) is 5.76 Å². The van der Waals surface area contributed by atoms with Crippen LogP contribution in [0.5, 0.6) is 0 Å². The Morgan fingerprint density at radius 3 is 2.40 bits per heavy atom. The van der Waals surface area contributed by atoms with Crippen LogP contribution < -0.4 is 10.0 Å². The molecule has 0 fully saturated rings. The first-order chi connectivity index (χ1) is 11.9. The molecular formula is C18H15ClN3O3-. The molecule has 0 aliphatic carbocycles. The Bertz CT molecular complexity index is 887. The van der Waals surface area contributed by atoms with Crippen LogP contribution in [0.2, 0.25) is 5.02 Å². The summed E-state index contributed by atoms with van der Waals surface area (Å²) >= 11 is 5.90. The molecule has 3 aromatic rings. The molecule has 0 saturated heterocycles. The third kappa shape index (κ3) is 3.80. The van der Waals surface area contributed by atoms with Gasteiger partial charge in [0.1, 0.15) is 17.3 Å². The monoisotopic (exact) mass is 356 g/mol. The number of anilines is 1. The minimum absolute atomic E-state index is 0.231. The minimum atomic E-state index is -1.24. The molecule has 0 amide bonds. The number of carbonyl (C=O) groups is 1. The molecule has 0 unspecified atom stereocenters. The minimum Gasteiger partial charge on any atom is -0.550 e. The van der Waals surface area contributed by atoms with Crippen molar-refractivity contribution in [1.29, 1.82) is 0 Å². The average molecular weight is 357 g/mol. The Kier molecular flexibility index (Phi) is 4.72. The number of carboxylic acids is 1. The lowest BCUT2D eigenvalue weighted by molar-refractivity contribution is -0.305. The highest BCUT2D eigenvalue weighted by Crippen LogP contribution is 2.30. The van der Waals surface area contributed by atoms with Gasteiger partial charge in [-0.1, -0.05) is 23.7 Å². The van der Waals surface area contributed by atoms with Gasteiger partial charge in [0.25, 0.3) is 0 Å². The Morgan fingerprint density at radius 2 is 1.84 bits per heavy atom. The molecule has 25 heavy (non-hydrogen) atoms. The van der Waals surface area contributed by atoms with Crippen molar-refractivity contribution in [3.05, 3.63) is 53.4 Å². The summed E-state index contributed by atoms with van der Waals surface area (Å²) in [5.41, 5.74) is 1.83. The molecule has 0 aliphatic heterocycles. The van der Waals surface area contributed by atoms with E-state index in [1.807, 2.05) is 31.1 Å². The van der Waals surface area contributed by atoms with E-state index < -0.39 is 5.97 Å². The summed E-state index contributed by atoms with van der Waals surface area (Å²) in [6, 6.07) is 10.6. The predicted molar refractivity (Wildman–Crippen MR) is 93.2 cm³/mol. The van der Waals surface area contributed by atoms with Gasteiger partial charge in [-0.25, -0.2) is 9.97 Å². The molecule has 0 atom stereocenters. The number of carboxylic acid groups (broad SMARTS) is 1. The van der Waals surface area contributed by atoms with E-state index in [1.165, 1.54) is 0 Å². The zero-order chi connectivity index (χ0) is 18.0. The van der Waals surface area contributed by atoms with Gasteiger partial charge in [-0.2, -0.15) is 0 Å². The topological polar surface area (TPSA) is 82.3 Å². The number of hydrogen-bond donors (Lipinski definition) is 0. The Hall–Kier alpha value is -2.86. The fourth-order valence-corrected chi connectivity index (χ4v) is 2.46. The molecule has 0 radical (unpaired) electrons. The van der Waals surface area contributed by atoms with E-state index in [1.54, 1.807) is 30.5 Å². The van der Waals surface area contributed by atoms with Gasteiger partial charge in [0.2, 0.25) is 5.89 Å². The van der Waals surface area contributed by atoms with E-state index in [4.69, 9.17) is 16.0 Å². The SMILES string of the molecule is CN(C)c1ccc(-c2nc(-c3ccc(Cl)cc3)c(CC(=O)[O-])o2)cn1. The number of oxazole rings is 1. The van der Waals surface area contributed by atoms with Crippen molar-refractivity contribution in [1.82, 2.24) is 9.97 Å². The molecule has 0 aliphatic rings. The fraction of sp³-hybridized carbons (Fsp3) is 0.167. The molecule has 6 nitrogen and oxygen atoms in total. The van der Waals surface area contributed by atoms with Gasteiger partial charge in [-0.3, -0.25) is 0 Å². The molecule has 7 heteroatoms. The number of nitrogens with zero attached hydrogens (tertiary/aromatic N) is 3. The summed E-state index contributed by atoms with van der Waals surface area (Å²) in [6.07, 6.45) is 1.27. The lowest BCUT2D eigenvalue weighted by Gasteiger charge is -2.10. The van der Waals surface area contributed by atoms with Crippen molar-refractivity contribution < 1.29 is 14.3 Å². The van der Waals surface area contributed by atoms with E-state index in [0.717, 1.165) is 5.82 Å². The van der Waals surface area contributed by atoms with Gasteiger partial charge in [0, 0.05) is 43.3 Å². The number of carbonyl (C=O) groups excluding carboxylic acids is 1. The van der Waals surface area contributed by atoms with Gasteiger partial charge < -0.3 is 19.2 Å². The summed E-state index contributed by atoms with van der Waals surface area (Å²) in [6.45, 7) is 0. The molecule has 2 aromatic heterocycles. The number of rotatable bonds is 5. The predicted octanol–water partition coefficient (Wildman–Crippen LogP) is 2.42. The summed E-state index contributed by atoms with van der Waals surface area (Å²) in [5, 5.41) is 11.6. The largest absolute Gasteiger partial charge is 0.550 e. The Labute approximate surface area is 149 Å². The van der Waals surface area contributed by atoms with Gasteiger partial charge in [0.15, 0.2) is 0 Å². The molecule has 0 N–H and O–H groups in total. The smallest absolute Gasteiger partial charge is 0.228 e. The highest BCUT2D eigenvalue weighted by Gasteiger charge is 2.17. The van der Waals surface area contributed by atoms with E-state index >= 15 is 0 Å². The summed E-state index contributed by atoms with van der Waals surface area (Å²) < 4.78 is 5.68. The molecule has 2 heterocycles. The summed E-state index contributed by atoms with van der Waals surface area (Å²) in [7, 11) is 3.79. The van der Waals surface area contributed by atoms with Gasteiger partial charge in [-0.15, -0.1) is 0 Å². The van der Waals surface area contributed by atoms with E-state index in [9.17, 15) is 9.90 Å². The molecule has 1 aromatic carbocycles. The van der Waals surface area contributed by atoms with Crippen LogP contribution in [0.4, 0.5) is 5.82 Å². The van der Waals surface area contributed by atoms with Crippen molar-refractivity contribution in [2.75, 3.05) is 19.0 Å². The zero-order valence-corrected chi connectivity index (χ0v) is 14.4. The van der Waals surface area contributed by atoms with Crippen LogP contribution in [-0.4, -0.2) is 30.0 Å². The quantitative estimate of drug-likeness (QED) is 0.698. The normalized spacial score (nSPS) is 10.7. The molecule has 0 bridgehead atoms. The van der Waals surface area contributed by atoms with Gasteiger partial charge >= 0.3 is 0 Å². The molecule has 0 saturated carbocycles. The zero-order valence-electron chi connectivity index (χ0n) is 13.7. The highest BCUT2D eigenvalue weighted by molar-refractivity contribution is 6.30.